The predicted molar refractivity (Wildman–Crippen MR) is 117 cm³/mol. The number of halogens is 1. The third kappa shape index (κ3) is 4.73. The van der Waals surface area contributed by atoms with Gasteiger partial charge in [0, 0.05) is 44.2 Å². The summed E-state index contributed by atoms with van der Waals surface area (Å²) in [4.78, 5) is 17.1. The second-order valence-corrected chi connectivity index (χ2v) is 8.21. The zero-order valence-electron chi connectivity index (χ0n) is 17.5. The van der Waals surface area contributed by atoms with Crippen LogP contribution in [0.25, 0.3) is 6.08 Å². The number of ether oxygens (including phenoxy) is 1. The van der Waals surface area contributed by atoms with Crippen molar-refractivity contribution in [1.82, 2.24) is 9.80 Å². The van der Waals surface area contributed by atoms with Crippen LogP contribution in [0, 0.1) is 11.7 Å². The Labute approximate surface area is 177 Å². The van der Waals surface area contributed by atoms with Crippen LogP contribution in [0.2, 0.25) is 0 Å². The van der Waals surface area contributed by atoms with Gasteiger partial charge in [-0.1, -0.05) is 42.5 Å². The standard InChI is InChI=1S/C25H29FN2O2/c1-30-24-7-3-2-5-20(24)6-4-15-27-16-14-23-21(18-27)10-13-25(29)28(23)17-19-8-11-22(26)12-9-19/h2-9,11-12,21,23H,10,13-18H2,1H3/b6-4+/t21-,23+/m0/s1. The Hall–Kier alpha value is -2.66. The number of para-hydroxylation sites is 1. The summed E-state index contributed by atoms with van der Waals surface area (Å²) in [6.45, 7) is 3.46. The van der Waals surface area contributed by atoms with E-state index in [1.807, 2.05) is 23.1 Å². The highest BCUT2D eigenvalue weighted by Gasteiger charge is 2.38. The first-order valence-electron chi connectivity index (χ1n) is 10.7. The van der Waals surface area contributed by atoms with Gasteiger partial charge in [-0.25, -0.2) is 4.39 Å². The van der Waals surface area contributed by atoms with Crippen LogP contribution in [0.15, 0.2) is 54.6 Å². The number of amides is 1. The zero-order valence-corrected chi connectivity index (χ0v) is 17.5. The number of carbonyl (C=O) groups excluding carboxylic acids is 1. The second-order valence-electron chi connectivity index (χ2n) is 8.21. The van der Waals surface area contributed by atoms with Crippen LogP contribution < -0.4 is 4.74 Å². The Bertz CT molecular complexity index is 896. The number of methoxy groups -OCH3 is 1. The molecule has 2 aliphatic heterocycles. The van der Waals surface area contributed by atoms with Gasteiger partial charge in [0.1, 0.15) is 11.6 Å². The number of rotatable bonds is 6. The summed E-state index contributed by atoms with van der Waals surface area (Å²) in [5, 5.41) is 0. The molecule has 0 bridgehead atoms. The quantitative estimate of drug-likeness (QED) is 0.712. The van der Waals surface area contributed by atoms with Crippen molar-refractivity contribution in [3.05, 3.63) is 71.6 Å². The monoisotopic (exact) mass is 408 g/mol. The van der Waals surface area contributed by atoms with Crippen molar-refractivity contribution in [2.24, 2.45) is 5.92 Å². The molecule has 0 N–H and O–H groups in total. The number of piperidine rings is 2. The van der Waals surface area contributed by atoms with Crippen molar-refractivity contribution < 1.29 is 13.9 Å². The lowest BCUT2D eigenvalue weighted by Gasteiger charge is -2.47. The maximum Gasteiger partial charge on any atom is 0.223 e. The van der Waals surface area contributed by atoms with Crippen molar-refractivity contribution in [2.75, 3.05) is 26.7 Å². The number of fused-ring (bicyclic) bond motifs is 1. The number of benzene rings is 2. The number of nitrogens with zero attached hydrogens (tertiary/aromatic N) is 2. The second kappa shape index (κ2) is 9.43. The van der Waals surface area contributed by atoms with E-state index < -0.39 is 0 Å². The lowest BCUT2D eigenvalue weighted by Crippen LogP contribution is -2.55. The molecule has 4 rings (SSSR count). The van der Waals surface area contributed by atoms with Crippen LogP contribution in [0.5, 0.6) is 5.75 Å². The smallest absolute Gasteiger partial charge is 0.223 e. The minimum atomic E-state index is -0.240. The van der Waals surface area contributed by atoms with Crippen LogP contribution in [0.1, 0.15) is 30.4 Å². The molecule has 2 atom stereocenters. The minimum absolute atomic E-state index is 0.227. The first kappa shape index (κ1) is 20.6. The third-order valence-corrected chi connectivity index (χ3v) is 6.29. The molecule has 0 radical (unpaired) electrons. The van der Waals surface area contributed by atoms with E-state index in [0.717, 1.165) is 49.4 Å². The lowest BCUT2D eigenvalue weighted by atomic mass is 9.83. The van der Waals surface area contributed by atoms with Crippen LogP contribution >= 0.6 is 0 Å². The van der Waals surface area contributed by atoms with Gasteiger partial charge in [0.15, 0.2) is 0 Å². The number of hydrogen-bond donors (Lipinski definition) is 0. The SMILES string of the molecule is COc1ccccc1/C=C/CN1CC[C@@H]2[C@@H](CCC(=O)N2Cc2ccc(F)cc2)C1. The fraction of sp³-hybridized carbons (Fsp3) is 0.400. The molecule has 4 nitrogen and oxygen atoms in total. The summed E-state index contributed by atoms with van der Waals surface area (Å²) in [5.41, 5.74) is 2.08. The molecular formula is C25H29FN2O2. The minimum Gasteiger partial charge on any atom is -0.496 e. The number of hydrogen-bond acceptors (Lipinski definition) is 3. The molecule has 2 aromatic carbocycles. The van der Waals surface area contributed by atoms with Crippen LogP contribution in [0.3, 0.4) is 0 Å². The van der Waals surface area contributed by atoms with Gasteiger partial charge in [0.2, 0.25) is 5.91 Å². The van der Waals surface area contributed by atoms with E-state index in [0.29, 0.717) is 18.9 Å². The summed E-state index contributed by atoms with van der Waals surface area (Å²) in [6.07, 6.45) is 6.86. The van der Waals surface area contributed by atoms with Crippen molar-refractivity contribution in [2.45, 2.75) is 31.8 Å². The molecule has 2 aromatic rings. The van der Waals surface area contributed by atoms with Crippen molar-refractivity contribution in [3.63, 3.8) is 0 Å². The third-order valence-electron chi connectivity index (χ3n) is 6.29. The normalized spacial score (nSPS) is 22.3. The molecule has 2 saturated heterocycles. The highest BCUT2D eigenvalue weighted by molar-refractivity contribution is 5.77. The van der Waals surface area contributed by atoms with E-state index in [4.69, 9.17) is 4.74 Å². The average molecular weight is 409 g/mol. The van der Waals surface area contributed by atoms with Gasteiger partial charge < -0.3 is 9.64 Å². The summed E-state index contributed by atoms with van der Waals surface area (Å²) < 4.78 is 18.6. The predicted octanol–water partition coefficient (Wildman–Crippen LogP) is 4.36. The van der Waals surface area contributed by atoms with E-state index in [2.05, 4.69) is 23.1 Å². The Kier molecular flexibility index (Phi) is 6.48. The van der Waals surface area contributed by atoms with E-state index >= 15 is 0 Å². The van der Waals surface area contributed by atoms with Gasteiger partial charge in [-0.2, -0.15) is 0 Å². The highest BCUT2D eigenvalue weighted by atomic mass is 19.1. The molecule has 30 heavy (non-hydrogen) atoms. The van der Waals surface area contributed by atoms with Gasteiger partial charge in [-0.15, -0.1) is 0 Å². The molecule has 0 saturated carbocycles. The maximum absolute atomic E-state index is 13.2. The highest BCUT2D eigenvalue weighted by Crippen LogP contribution is 2.32. The Morgan fingerprint density at radius 2 is 1.93 bits per heavy atom. The molecule has 0 aliphatic carbocycles. The molecule has 5 heteroatoms. The molecule has 1 amide bonds. The molecule has 2 aliphatic rings. The Morgan fingerprint density at radius 1 is 1.13 bits per heavy atom. The van der Waals surface area contributed by atoms with Gasteiger partial charge in [-0.3, -0.25) is 9.69 Å². The summed E-state index contributed by atoms with van der Waals surface area (Å²) in [7, 11) is 1.69. The van der Waals surface area contributed by atoms with E-state index in [-0.39, 0.29) is 17.8 Å². The zero-order chi connectivity index (χ0) is 20.9. The Balaban J connectivity index is 1.36. The molecule has 2 fully saturated rings. The molecule has 2 heterocycles. The van der Waals surface area contributed by atoms with Crippen LogP contribution in [-0.4, -0.2) is 48.5 Å². The molecule has 158 valence electrons. The molecule has 0 aromatic heterocycles. The van der Waals surface area contributed by atoms with Crippen molar-refractivity contribution in [3.8, 4) is 5.75 Å². The van der Waals surface area contributed by atoms with E-state index in [1.54, 1.807) is 19.2 Å². The average Bonchev–Trinajstić information content (AvgIpc) is 2.77. The van der Waals surface area contributed by atoms with E-state index in [9.17, 15) is 9.18 Å². The van der Waals surface area contributed by atoms with E-state index in [1.165, 1.54) is 12.1 Å². The largest absolute Gasteiger partial charge is 0.496 e. The fourth-order valence-electron chi connectivity index (χ4n) is 4.72. The number of likely N-dealkylation sites (tertiary alicyclic amines) is 2. The van der Waals surface area contributed by atoms with Crippen LogP contribution in [0.4, 0.5) is 4.39 Å². The van der Waals surface area contributed by atoms with Gasteiger partial charge >= 0.3 is 0 Å². The van der Waals surface area contributed by atoms with Crippen molar-refractivity contribution >= 4 is 12.0 Å². The van der Waals surface area contributed by atoms with Gasteiger partial charge in [0.05, 0.1) is 7.11 Å². The van der Waals surface area contributed by atoms with Crippen LogP contribution in [-0.2, 0) is 11.3 Å². The molecule has 0 unspecified atom stereocenters. The first-order chi connectivity index (χ1) is 14.6. The summed E-state index contributed by atoms with van der Waals surface area (Å²) >= 11 is 0. The Morgan fingerprint density at radius 3 is 2.73 bits per heavy atom. The lowest BCUT2D eigenvalue weighted by molar-refractivity contribution is -0.141. The maximum atomic E-state index is 13.2. The summed E-state index contributed by atoms with van der Waals surface area (Å²) in [5.74, 6) is 1.37. The van der Waals surface area contributed by atoms with Crippen molar-refractivity contribution in [1.29, 1.82) is 0 Å². The fourth-order valence-corrected chi connectivity index (χ4v) is 4.72. The molecular weight excluding hydrogens is 379 g/mol. The number of carbonyl (C=O) groups is 1. The van der Waals surface area contributed by atoms with Gasteiger partial charge in [0.25, 0.3) is 0 Å². The topological polar surface area (TPSA) is 32.8 Å². The van der Waals surface area contributed by atoms with Gasteiger partial charge in [-0.05, 0) is 42.5 Å². The summed E-state index contributed by atoms with van der Waals surface area (Å²) in [6, 6.07) is 14.8. The molecule has 0 spiro atoms. The first-order valence-corrected chi connectivity index (χ1v) is 10.7.